The van der Waals surface area contributed by atoms with Crippen molar-refractivity contribution in [1.29, 1.82) is 0 Å². The summed E-state index contributed by atoms with van der Waals surface area (Å²) in [6, 6.07) is 2.17. The normalized spacial score (nSPS) is 26.4. The van der Waals surface area contributed by atoms with Gasteiger partial charge in [0.2, 0.25) is 20.0 Å². The Morgan fingerprint density at radius 1 is 0.960 bits per heavy atom. The van der Waals surface area contributed by atoms with Crippen molar-refractivity contribution in [1.82, 2.24) is 8.61 Å². The highest BCUT2D eigenvalue weighted by molar-refractivity contribution is 7.89. The molecule has 0 amide bonds. The number of piperidine rings is 1. The Morgan fingerprint density at radius 3 is 2.08 bits per heavy atom. The highest BCUT2D eigenvalue weighted by Crippen LogP contribution is 2.40. The number of hydrogen-bond donors (Lipinski definition) is 0. The average Bonchev–Trinajstić information content (AvgIpc) is 2.89. The summed E-state index contributed by atoms with van der Waals surface area (Å²) in [5.41, 5.74) is -0.773. The molecule has 0 aliphatic carbocycles. The molecule has 10 heteroatoms. The molecule has 2 fully saturated rings. The highest BCUT2D eigenvalue weighted by atomic mass is 32.2. The molecule has 1 aromatic rings. The van der Waals surface area contributed by atoms with E-state index in [1.807, 2.05) is 0 Å². The molecule has 2 aliphatic heterocycles. The summed E-state index contributed by atoms with van der Waals surface area (Å²) in [4.78, 5) is -0.453. The first-order valence-corrected chi connectivity index (χ1v) is 11.3. The molecule has 3 rings (SSSR count). The fraction of sp³-hybridized carbons (Fsp3) is 0.600. The van der Waals surface area contributed by atoms with E-state index >= 15 is 0 Å². The minimum atomic E-state index is -4.11. The van der Waals surface area contributed by atoms with Crippen molar-refractivity contribution in [3.63, 3.8) is 0 Å². The van der Waals surface area contributed by atoms with Crippen molar-refractivity contribution in [2.45, 2.75) is 36.1 Å². The molecule has 1 spiro atoms. The third kappa shape index (κ3) is 3.44. The van der Waals surface area contributed by atoms with E-state index in [9.17, 15) is 25.6 Å². The lowest BCUT2D eigenvalue weighted by atomic mass is 9.89. The predicted octanol–water partition coefficient (Wildman–Crippen LogP) is 1.54. The zero-order valence-corrected chi connectivity index (χ0v) is 15.4. The van der Waals surface area contributed by atoms with Crippen LogP contribution in [-0.4, -0.2) is 56.9 Å². The van der Waals surface area contributed by atoms with Gasteiger partial charge in [-0.05, 0) is 37.8 Å². The molecule has 0 unspecified atom stereocenters. The summed E-state index contributed by atoms with van der Waals surface area (Å²) in [6.45, 7) is 0.557. The third-order valence-corrected chi connectivity index (χ3v) is 8.12. The van der Waals surface area contributed by atoms with Crippen LogP contribution < -0.4 is 0 Å². The summed E-state index contributed by atoms with van der Waals surface area (Å²) in [5, 5.41) is 0. The zero-order chi connectivity index (χ0) is 18.5. The van der Waals surface area contributed by atoms with Crippen LogP contribution in [0.2, 0.25) is 0 Å². The van der Waals surface area contributed by atoms with Crippen LogP contribution >= 0.6 is 0 Å². The lowest BCUT2D eigenvalue weighted by Crippen LogP contribution is -2.58. The lowest BCUT2D eigenvalue weighted by Gasteiger charge is -2.44. The van der Waals surface area contributed by atoms with Crippen LogP contribution in [0.5, 0.6) is 0 Å². The molecule has 0 bridgehead atoms. The van der Waals surface area contributed by atoms with Crippen LogP contribution in [0.25, 0.3) is 0 Å². The first kappa shape index (κ1) is 18.7. The van der Waals surface area contributed by atoms with Gasteiger partial charge in [-0.15, -0.1) is 0 Å². The topological polar surface area (TPSA) is 74.8 Å². The molecule has 2 saturated heterocycles. The summed E-state index contributed by atoms with van der Waals surface area (Å²) in [5.74, 6) is -1.94. The van der Waals surface area contributed by atoms with Crippen LogP contribution in [0.1, 0.15) is 25.7 Å². The molecular formula is C15H20F2N2O4S2. The Bertz CT molecular complexity index is 869. The maximum absolute atomic E-state index is 13.4. The summed E-state index contributed by atoms with van der Waals surface area (Å²) in [6.07, 6.45) is 3.42. The third-order valence-electron chi connectivity index (χ3n) is 4.93. The van der Waals surface area contributed by atoms with E-state index in [-0.39, 0.29) is 13.1 Å². The molecular weight excluding hydrogens is 374 g/mol. The van der Waals surface area contributed by atoms with E-state index in [1.54, 1.807) is 0 Å². The molecule has 0 radical (unpaired) electrons. The lowest BCUT2D eigenvalue weighted by molar-refractivity contribution is 0.138. The maximum Gasteiger partial charge on any atom is 0.243 e. The van der Waals surface area contributed by atoms with E-state index in [1.165, 1.54) is 4.31 Å². The smallest absolute Gasteiger partial charge is 0.212 e. The van der Waals surface area contributed by atoms with E-state index in [0.717, 1.165) is 22.7 Å². The number of hydrogen-bond acceptors (Lipinski definition) is 4. The SMILES string of the molecule is CS(=O)(=O)N1CCC[C@]12CCCN(S(=O)(=O)c1cc(F)cc(F)c1)C2. The predicted molar refractivity (Wildman–Crippen MR) is 87.9 cm³/mol. The number of rotatable bonds is 3. The summed E-state index contributed by atoms with van der Waals surface area (Å²) in [7, 11) is -7.57. The van der Waals surface area contributed by atoms with E-state index in [2.05, 4.69) is 0 Å². The van der Waals surface area contributed by atoms with Crippen molar-refractivity contribution in [2.24, 2.45) is 0 Å². The summed E-state index contributed by atoms with van der Waals surface area (Å²) < 4.78 is 79.2. The van der Waals surface area contributed by atoms with Crippen molar-refractivity contribution in [3.8, 4) is 0 Å². The van der Waals surface area contributed by atoms with Gasteiger partial charge >= 0.3 is 0 Å². The molecule has 6 nitrogen and oxygen atoms in total. The van der Waals surface area contributed by atoms with Gasteiger partial charge < -0.3 is 0 Å². The number of sulfonamides is 2. The van der Waals surface area contributed by atoms with E-state index in [4.69, 9.17) is 0 Å². The minimum Gasteiger partial charge on any atom is -0.212 e. The van der Waals surface area contributed by atoms with Crippen LogP contribution in [0.4, 0.5) is 8.78 Å². The zero-order valence-electron chi connectivity index (χ0n) is 13.8. The highest BCUT2D eigenvalue weighted by Gasteiger charge is 2.49. The van der Waals surface area contributed by atoms with Gasteiger partial charge in [-0.1, -0.05) is 0 Å². The van der Waals surface area contributed by atoms with E-state index < -0.39 is 42.1 Å². The Balaban J connectivity index is 1.96. The summed E-state index contributed by atoms with van der Waals surface area (Å²) >= 11 is 0. The number of benzene rings is 1. The second-order valence-corrected chi connectivity index (χ2v) is 10.6. The van der Waals surface area contributed by atoms with Crippen LogP contribution in [0.3, 0.4) is 0 Å². The Hall–Kier alpha value is -1.10. The molecule has 2 aliphatic rings. The largest absolute Gasteiger partial charge is 0.243 e. The van der Waals surface area contributed by atoms with Gasteiger partial charge in [0.15, 0.2) is 0 Å². The first-order chi connectivity index (χ1) is 11.5. The molecule has 0 N–H and O–H groups in total. The fourth-order valence-electron chi connectivity index (χ4n) is 3.94. The average molecular weight is 394 g/mol. The van der Waals surface area contributed by atoms with Gasteiger partial charge in [0, 0.05) is 31.2 Å². The van der Waals surface area contributed by atoms with Gasteiger partial charge in [-0.25, -0.2) is 25.6 Å². The quantitative estimate of drug-likeness (QED) is 0.780. The van der Waals surface area contributed by atoms with Gasteiger partial charge in [-0.2, -0.15) is 8.61 Å². The maximum atomic E-state index is 13.4. The van der Waals surface area contributed by atoms with Crippen LogP contribution in [-0.2, 0) is 20.0 Å². The first-order valence-electron chi connectivity index (χ1n) is 7.99. The van der Waals surface area contributed by atoms with E-state index in [0.29, 0.717) is 38.3 Å². The molecule has 2 heterocycles. The van der Waals surface area contributed by atoms with Crippen molar-refractivity contribution in [3.05, 3.63) is 29.8 Å². The van der Waals surface area contributed by atoms with Gasteiger partial charge in [0.1, 0.15) is 11.6 Å². The molecule has 1 atom stereocenters. The molecule has 1 aromatic carbocycles. The van der Waals surface area contributed by atoms with Crippen molar-refractivity contribution in [2.75, 3.05) is 25.9 Å². The van der Waals surface area contributed by atoms with Crippen LogP contribution in [0.15, 0.2) is 23.1 Å². The minimum absolute atomic E-state index is 0.000531. The standard InChI is InChI=1S/C15H20F2N2O4S2/c1-24(20,21)19-7-3-5-15(19)4-2-6-18(11-15)25(22,23)14-9-12(16)8-13(17)10-14/h8-10H,2-7,11H2,1H3/t15-/m0/s1. The monoisotopic (exact) mass is 394 g/mol. The van der Waals surface area contributed by atoms with Crippen LogP contribution in [0, 0.1) is 11.6 Å². The molecule has 0 aromatic heterocycles. The Labute approximate surface area is 146 Å². The van der Waals surface area contributed by atoms with Gasteiger partial charge in [0.05, 0.1) is 11.2 Å². The second-order valence-electron chi connectivity index (χ2n) is 6.71. The van der Waals surface area contributed by atoms with Gasteiger partial charge in [-0.3, -0.25) is 0 Å². The number of nitrogens with zero attached hydrogens (tertiary/aromatic N) is 2. The number of halogens is 2. The van der Waals surface area contributed by atoms with Crippen molar-refractivity contribution >= 4 is 20.0 Å². The molecule has 140 valence electrons. The van der Waals surface area contributed by atoms with Crippen molar-refractivity contribution < 1.29 is 25.6 Å². The molecule has 25 heavy (non-hydrogen) atoms. The molecule has 0 saturated carbocycles. The second kappa shape index (κ2) is 6.26. The Morgan fingerprint density at radius 2 is 1.52 bits per heavy atom. The van der Waals surface area contributed by atoms with Gasteiger partial charge in [0.25, 0.3) is 0 Å². The Kier molecular flexibility index (Phi) is 4.68. The fourth-order valence-corrected chi connectivity index (χ4v) is 6.95.